The van der Waals surface area contributed by atoms with Gasteiger partial charge in [0.2, 0.25) is 0 Å². The highest BCUT2D eigenvalue weighted by Crippen LogP contribution is 2.26. The van der Waals surface area contributed by atoms with Crippen LogP contribution in [0, 0.1) is 6.92 Å². The molecule has 0 aliphatic carbocycles. The van der Waals surface area contributed by atoms with E-state index in [-0.39, 0.29) is 11.8 Å². The molecule has 8 nitrogen and oxygen atoms in total. The Morgan fingerprint density at radius 1 is 0.844 bits per heavy atom. The summed E-state index contributed by atoms with van der Waals surface area (Å²) < 4.78 is 12.3. The molecule has 166 valence electrons. The summed E-state index contributed by atoms with van der Waals surface area (Å²) in [5.74, 6) is 0.839. The first-order valence-corrected chi connectivity index (χ1v) is 10.4. The lowest BCUT2D eigenvalue weighted by atomic mass is 10.1. The molecule has 4 rings (SSSR count). The first-order valence-electron chi connectivity index (χ1n) is 10.4. The number of nitrogens with zero attached hydrogens (tertiary/aromatic N) is 4. The summed E-state index contributed by atoms with van der Waals surface area (Å²) in [7, 11) is 3.09. The van der Waals surface area contributed by atoms with Crippen molar-refractivity contribution in [3.05, 3.63) is 71.5 Å². The quantitative estimate of drug-likeness (QED) is 0.617. The van der Waals surface area contributed by atoms with Crippen LogP contribution in [-0.2, 0) is 0 Å². The smallest absolute Gasteiger partial charge is 0.274 e. The molecule has 2 heterocycles. The molecule has 0 unspecified atom stereocenters. The van der Waals surface area contributed by atoms with Crippen molar-refractivity contribution in [1.29, 1.82) is 0 Å². The molecule has 0 bridgehead atoms. The van der Waals surface area contributed by atoms with E-state index >= 15 is 0 Å². The highest BCUT2D eigenvalue weighted by atomic mass is 16.5. The van der Waals surface area contributed by atoms with Gasteiger partial charge in [-0.1, -0.05) is 18.2 Å². The molecule has 2 aromatic carbocycles. The molecule has 0 atom stereocenters. The van der Waals surface area contributed by atoms with E-state index in [2.05, 4.69) is 5.10 Å². The number of amides is 2. The number of ether oxygens (including phenoxy) is 2. The minimum Gasteiger partial charge on any atom is -0.497 e. The largest absolute Gasteiger partial charge is 0.497 e. The Labute approximate surface area is 187 Å². The summed E-state index contributed by atoms with van der Waals surface area (Å²) in [5, 5.41) is 4.51. The van der Waals surface area contributed by atoms with Crippen LogP contribution in [0.25, 0.3) is 5.69 Å². The zero-order chi connectivity index (χ0) is 22.7. The van der Waals surface area contributed by atoms with E-state index < -0.39 is 0 Å². The Morgan fingerprint density at radius 3 is 2.12 bits per heavy atom. The van der Waals surface area contributed by atoms with Gasteiger partial charge >= 0.3 is 0 Å². The molecular weight excluding hydrogens is 408 g/mol. The first-order chi connectivity index (χ1) is 15.5. The maximum absolute atomic E-state index is 13.0. The number of benzene rings is 2. The predicted molar refractivity (Wildman–Crippen MR) is 120 cm³/mol. The Bertz CT molecular complexity index is 1120. The summed E-state index contributed by atoms with van der Waals surface area (Å²) in [6.45, 7) is 3.70. The SMILES string of the molecule is COc1ccc(C(=O)N2CCN(C(=O)c3cc(C)n(-c4ccccc4)n3)CC2)c(OC)c1. The number of aryl methyl sites for hydroxylation is 1. The van der Waals surface area contributed by atoms with Gasteiger partial charge in [-0.15, -0.1) is 0 Å². The van der Waals surface area contributed by atoms with Crippen LogP contribution in [-0.4, -0.2) is 71.8 Å². The van der Waals surface area contributed by atoms with Gasteiger partial charge in [0.05, 0.1) is 25.5 Å². The van der Waals surface area contributed by atoms with Crippen LogP contribution >= 0.6 is 0 Å². The number of para-hydroxylation sites is 1. The maximum atomic E-state index is 13.0. The van der Waals surface area contributed by atoms with E-state index in [4.69, 9.17) is 9.47 Å². The van der Waals surface area contributed by atoms with Gasteiger partial charge in [-0.25, -0.2) is 4.68 Å². The van der Waals surface area contributed by atoms with Gasteiger partial charge in [-0.05, 0) is 37.3 Å². The van der Waals surface area contributed by atoms with E-state index in [9.17, 15) is 9.59 Å². The number of hydrogen-bond donors (Lipinski definition) is 0. The van der Waals surface area contributed by atoms with E-state index in [0.717, 1.165) is 11.4 Å². The molecule has 2 amide bonds. The van der Waals surface area contributed by atoms with Crippen LogP contribution in [0.1, 0.15) is 26.5 Å². The van der Waals surface area contributed by atoms with Gasteiger partial charge in [-0.3, -0.25) is 9.59 Å². The molecule has 0 N–H and O–H groups in total. The lowest BCUT2D eigenvalue weighted by molar-refractivity contribution is 0.0530. The van der Waals surface area contributed by atoms with Crippen molar-refractivity contribution in [2.24, 2.45) is 0 Å². The summed E-state index contributed by atoms with van der Waals surface area (Å²) in [5.41, 5.74) is 2.68. The summed E-state index contributed by atoms with van der Waals surface area (Å²) in [6, 6.07) is 16.7. The van der Waals surface area contributed by atoms with E-state index in [1.807, 2.05) is 37.3 Å². The van der Waals surface area contributed by atoms with Crippen molar-refractivity contribution in [3.8, 4) is 17.2 Å². The normalized spacial score (nSPS) is 13.7. The van der Waals surface area contributed by atoms with Gasteiger partial charge in [0.1, 0.15) is 11.5 Å². The van der Waals surface area contributed by atoms with Crippen LogP contribution in [0.5, 0.6) is 11.5 Å². The van der Waals surface area contributed by atoms with Crippen LogP contribution in [0.2, 0.25) is 0 Å². The zero-order valence-electron chi connectivity index (χ0n) is 18.4. The van der Waals surface area contributed by atoms with Crippen molar-refractivity contribution in [2.75, 3.05) is 40.4 Å². The average Bonchev–Trinajstić information content (AvgIpc) is 3.24. The minimum absolute atomic E-state index is 0.124. The van der Waals surface area contributed by atoms with Gasteiger partial charge < -0.3 is 19.3 Å². The molecular formula is C24H26N4O4. The number of aromatic nitrogens is 2. The fourth-order valence-electron chi connectivity index (χ4n) is 3.83. The van der Waals surface area contributed by atoms with E-state index in [0.29, 0.717) is 48.9 Å². The van der Waals surface area contributed by atoms with Crippen molar-refractivity contribution in [2.45, 2.75) is 6.92 Å². The Kier molecular flexibility index (Phi) is 6.11. The van der Waals surface area contributed by atoms with Crippen molar-refractivity contribution < 1.29 is 19.1 Å². The van der Waals surface area contributed by atoms with Gasteiger partial charge in [0.15, 0.2) is 5.69 Å². The summed E-state index contributed by atoms with van der Waals surface area (Å²) in [6.07, 6.45) is 0. The lowest BCUT2D eigenvalue weighted by Gasteiger charge is -2.34. The third-order valence-electron chi connectivity index (χ3n) is 5.60. The molecule has 1 saturated heterocycles. The molecule has 0 saturated carbocycles. The van der Waals surface area contributed by atoms with Crippen molar-refractivity contribution in [3.63, 3.8) is 0 Å². The minimum atomic E-state index is -0.128. The molecule has 3 aromatic rings. The van der Waals surface area contributed by atoms with Crippen LogP contribution < -0.4 is 9.47 Å². The number of piperazine rings is 1. The molecule has 1 fully saturated rings. The summed E-state index contributed by atoms with van der Waals surface area (Å²) >= 11 is 0. The molecule has 32 heavy (non-hydrogen) atoms. The lowest BCUT2D eigenvalue weighted by Crippen LogP contribution is -2.50. The summed E-state index contributed by atoms with van der Waals surface area (Å²) in [4.78, 5) is 29.5. The second-order valence-corrected chi connectivity index (χ2v) is 7.57. The van der Waals surface area contributed by atoms with Gasteiger partial charge in [-0.2, -0.15) is 5.10 Å². The maximum Gasteiger partial charge on any atom is 0.274 e. The standard InChI is InChI=1S/C24H26N4O4/c1-17-15-21(25-28(17)18-7-5-4-6-8-18)24(30)27-13-11-26(12-14-27)23(29)20-10-9-19(31-2)16-22(20)32-3/h4-10,15-16H,11-14H2,1-3H3. The van der Waals surface area contributed by atoms with E-state index in [1.165, 1.54) is 7.11 Å². The average molecular weight is 434 g/mol. The van der Waals surface area contributed by atoms with Crippen LogP contribution in [0.4, 0.5) is 0 Å². The van der Waals surface area contributed by atoms with Gasteiger partial charge in [0, 0.05) is 37.9 Å². The highest BCUT2D eigenvalue weighted by molar-refractivity contribution is 5.97. The molecule has 0 spiro atoms. The number of rotatable bonds is 5. The number of carbonyl (C=O) groups is 2. The van der Waals surface area contributed by atoms with E-state index in [1.54, 1.807) is 45.9 Å². The second kappa shape index (κ2) is 9.13. The van der Waals surface area contributed by atoms with Crippen LogP contribution in [0.15, 0.2) is 54.6 Å². The topological polar surface area (TPSA) is 76.9 Å². The predicted octanol–water partition coefficient (Wildman–Crippen LogP) is 2.80. The van der Waals surface area contributed by atoms with Crippen LogP contribution in [0.3, 0.4) is 0 Å². The molecule has 8 heteroatoms. The Hall–Kier alpha value is -3.81. The Balaban J connectivity index is 1.43. The molecule has 1 aliphatic rings. The number of methoxy groups -OCH3 is 2. The Morgan fingerprint density at radius 2 is 1.50 bits per heavy atom. The molecule has 1 aliphatic heterocycles. The van der Waals surface area contributed by atoms with Crippen molar-refractivity contribution >= 4 is 11.8 Å². The highest BCUT2D eigenvalue weighted by Gasteiger charge is 2.28. The molecule has 0 radical (unpaired) electrons. The fourth-order valence-corrected chi connectivity index (χ4v) is 3.83. The zero-order valence-corrected chi connectivity index (χ0v) is 18.4. The monoisotopic (exact) mass is 434 g/mol. The number of carbonyl (C=O) groups excluding carboxylic acids is 2. The third-order valence-corrected chi connectivity index (χ3v) is 5.60. The van der Waals surface area contributed by atoms with Crippen molar-refractivity contribution in [1.82, 2.24) is 19.6 Å². The number of hydrogen-bond acceptors (Lipinski definition) is 5. The first kappa shape index (κ1) is 21.4. The fraction of sp³-hybridized carbons (Fsp3) is 0.292. The third kappa shape index (κ3) is 4.16. The molecule has 1 aromatic heterocycles. The van der Waals surface area contributed by atoms with Gasteiger partial charge in [0.25, 0.3) is 11.8 Å². The second-order valence-electron chi connectivity index (χ2n) is 7.57.